The molecule has 0 N–H and O–H groups in total. The van der Waals surface area contributed by atoms with Crippen LogP contribution in [0.1, 0.15) is 122 Å². The molecule has 0 atom stereocenters. The molecule has 0 aromatic carbocycles. The molecule has 2 rings (SSSR count). The lowest BCUT2D eigenvalue weighted by molar-refractivity contribution is 0.0187. The maximum Gasteiger partial charge on any atom is 0.0655 e. The summed E-state index contributed by atoms with van der Waals surface area (Å²) in [5.74, 6) is 2.29. The van der Waals surface area contributed by atoms with Gasteiger partial charge in [-0.15, -0.1) is 0 Å². The molecule has 0 unspecified atom stereocenters. The standard InChI is InChI=1S/C25H45NO/c1-2-3-4-5-6-7-8-10-22-12-14-23(15-13-22)11-9-20-27-25-18-16-24(21-26)17-19-25/h22-25H,2-20H2,1H3/t22-,23-,24-,25-. The van der Waals surface area contributed by atoms with Gasteiger partial charge in [0.1, 0.15) is 0 Å². The zero-order valence-corrected chi connectivity index (χ0v) is 18.1. The Kier molecular flexibility index (Phi) is 12.2. The van der Waals surface area contributed by atoms with Gasteiger partial charge >= 0.3 is 0 Å². The minimum Gasteiger partial charge on any atom is -0.378 e. The molecule has 0 radical (unpaired) electrons. The van der Waals surface area contributed by atoms with Crippen LogP contribution in [0.25, 0.3) is 0 Å². The molecule has 0 saturated heterocycles. The highest BCUT2D eigenvalue weighted by molar-refractivity contribution is 4.87. The van der Waals surface area contributed by atoms with Crippen molar-refractivity contribution in [3.8, 4) is 6.07 Å². The lowest BCUT2D eigenvalue weighted by atomic mass is 9.78. The summed E-state index contributed by atoms with van der Waals surface area (Å²) in [6.07, 6.45) is 24.9. The van der Waals surface area contributed by atoms with Crippen LogP contribution in [0.4, 0.5) is 0 Å². The Balaban J connectivity index is 1.40. The summed E-state index contributed by atoms with van der Waals surface area (Å²) in [5.41, 5.74) is 0. The molecule has 2 aliphatic carbocycles. The Bertz CT molecular complexity index is 386. The molecule has 156 valence electrons. The first kappa shape index (κ1) is 22.7. The second kappa shape index (κ2) is 14.4. The van der Waals surface area contributed by atoms with Crippen molar-refractivity contribution in [1.29, 1.82) is 5.26 Å². The summed E-state index contributed by atoms with van der Waals surface area (Å²) in [5, 5.41) is 8.96. The van der Waals surface area contributed by atoms with Crippen molar-refractivity contribution < 1.29 is 4.74 Å². The number of unbranched alkanes of at least 4 members (excludes halogenated alkanes) is 6. The zero-order valence-electron chi connectivity index (χ0n) is 18.1. The molecule has 0 heterocycles. The zero-order chi connectivity index (χ0) is 19.2. The molecule has 0 amide bonds. The third kappa shape index (κ3) is 9.98. The van der Waals surface area contributed by atoms with Gasteiger partial charge in [-0.2, -0.15) is 5.26 Å². The molecule has 0 spiro atoms. The maximum absolute atomic E-state index is 8.96. The van der Waals surface area contributed by atoms with E-state index in [-0.39, 0.29) is 0 Å². The first-order chi connectivity index (χ1) is 13.3. The van der Waals surface area contributed by atoms with Crippen molar-refractivity contribution in [3.05, 3.63) is 0 Å². The molecule has 2 fully saturated rings. The normalized spacial score (nSPS) is 28.7. The Labute approximate surface area is 169 Å². The molecule has 0 aromatic heterocycles. The van der Waals surface area contributed by atoms with Crippen molar-refractivity contribution in [2.75, 3.05) is 6.61 Å². The highest BCUT2D eigenvalue weighted by atomic mass is 16.5. The predicted molar refractivity (Wildman–Crippen MR) is 115 cm³/mol. The Morgan fingerprint density at radius 3 is 1.85 bits per heavy atom. The average Bonchev–Trinajstić information content (AvgIpc) is 2.72. The van der Waals surface area contributed by atoms with E-state index in [4.69, 9.17) is 10.00 Å². The molecular formula is C25H45NO. The first-order valence-corrected chi connectivity index (χ1v) is 12.3. The summed E-state index contributed by atoms with van der Waals surface area (Å²) in [7, 11) is 0. The van der Waals surface area contributed by atoms with Crippen LogP contribution in [-0.2, 0) is 4.74 Å². The van der Waals surface area contributed by atoms with Crippen molar-refractivity contribution in [3.63, 3.8) is 0 Å². The van der Waals surface area contributed by atoms with E-state index >= 15 is 0 Å². The number of ether oxygens (including phenoxy) is 1. The van der Waals surface area contributed by atoms with E-state index in [1.54, 1.807) is 0 Å². The number of hydrogen-bond acceptors (Lipinski definition) is 2. The van der Waals surface area contributed by atoms with Crippen LogP contribution in [0.3, 0.4) is 0 Å². The van der Waals surface area contributed by atoms with Gasteiger partial charge in [-0.05, 0) is 50.4 Å². The number of rotatable bonds is 13. The minimum atomic E-state index is 0.293. The number of hydrogen-bond donors (Lipinski definition) is 0. The van der Waals surface area contributed by atoms with E-state index in [0.717, 1.165) is 44.1 Å². The fourth-order valence-corrected chi connectivity index (χ4v) is 5.18. The van der Waals surface area contributed by atoms with Crippen LogP contribution in [0, 0.1) is 29.1 Å². The molecule has 2 aliphatic rings. The lowest BCUT2D eigenvalue weighted by Gasteiger charge is -2.29. The topological polar surface area (TPSA) is 33.0 Å². The molecule has 2 saturated carbocycles. The number of nitrogens with zero attached hydrogens (tertiary/aromatic N) is 1. The summed E-state index contributed by atoms with van der Waals surface area (Å²) in [6.45, 7) is 3.24. The van der Waals surface area contributed by atoms with Gasteiger partial charge in [0.25, 0.3) is 0 Å². The van der Waals surface area contributed by atoms with Crippen LogP contribution < -0.4 is 0 Å². The summed E-state index contributed by atoms with van der Waals surface area (Å²) < 4.78 is 6.08. The largest absolute Gasteiger partial charge is 0.378 e. The third-order valence-corrected chi connectivity index (χ3v) is 7.15. The molecule has 2 heteroatoms. The fraction of sp³-hybridized carbons (Fsp3) is 0.960. The van der Waals surface area contributed by atoms with Crippen LogP contribution in [0.5, 0.6) is 0 Å². The first-order valence-electron chi connectivity index (χ1n) is 12.3. The second-order valence-electron chi connectivity index (χ2n) is 9.41. The average molecular weight is 376 g/mol. The molecule has 0 aliphatic heterocycles. The van der Waals surface area contributed by atoms with E-state index in [1.807, 2.05) is 0 Å². The predicted octanol–water partition coefficient (Wildman–Crippen LogP) is 7.81. The second-order valence-corrected chi connectivity index (χ2v) is 9.41. The molecule has 27 heavy (non-hydrogen) atoms. The SMILES string of the molecule is CCCCCCCCC[C@H]1CC[C@H](CCCO[C@H]2CC[C@H](C#N)CC2)CC1. The summed E-state index contributed by atoms with van der Waals surface area (Å²) in [4.78, 5) is 0. The summed E-state index contributed by atoms with van der Waals surface area (Å²) >= 11 is 0. The molecule has 0 bridgehead atoms. The molecule has 2 nitrogen and oxygen atoms in total. The van der Waals surface area contributed by atoms with Gasteiger partial charge in [0.15, 0.2) is 0 Å². The fourth-order valence-electron chi connectivity index (χ4n) is 5.18. The van der Waals surface area contributed by atoms with Crippen molar-refractivity contribution in [2.24, 2.45) is 17.8 Å². The van der Waals surface area contributed by atoms with Crippen LogP contribution in [-0.4, -0.2) is 12.7 Å². The van der Waals surface area contributed by atoms with E-state index in [2.05, 4.69) is 13.0 Å². The van der Waals surface area contributed by atoms with Gasteiger partial charge in [-0.3, -0.25) is 0 Å². The Morgan fingerprint density at radius 1 is 0.704 bits per heavy atom. The Morgan fingerprint density at radius 2 is 1.26 bits per heavy atom. The van der Waals surface area contributed by atoms with E-state index in [0.29, 0.717) is 12.0 Å². The van der Waals surface area contributed by atoms with E-state index in [1.165, 1.54) is 89.9 Å². The third-order valence-electron chi connectivity index (χ3n) is 7.15. The van der Waals surface area contributed by atoms with Gasteiger partial charge in [0.2, 0.25) is 0 Å². The Hall–Kier alpha value is -0.550. The quantitative estimate of drug-likeness (QED) is 0.307. The monoisotopic (exact) mass is 375 g/mol. The van der Waals surface area contributed by atoms with E-state index < -0.39 is 0 Å². The van der Waals surface area contributed by atoms with Crippen molar-refractivity contribution in [2.45, 2.75) is 129 Å². The van der Waals surface area contributed by atoms with Crippen LogP contribution in [0.15, 0.2) is 0 Å². The van der Waals surface area contributed by atoms with Gasteiger partial charge in [0.05, 0.1) is 12.2 Å². The summed E-state index contributed by atoms with van der Waals surface area (Å²) in [6, 6.07) is 2.41. The minimum absolute atomic E-state index is 0.293. The number of nitriles is 1. The van der Waals surface area contributed by atoms with E-state index in [9.17, 15) is 0 Å². The van der Waals surface area contributed by atoms with Gasteiger partial charge in [-0.25, -0.2) is 0 Å². The smallest absolute Gasteiger partial charge is 0.0655 e. The van der Waals surface area contributed by atoms with Gasteiger partial charge in [0, 0.05) is 12.5 Å². The van der Waals surface area contributed by atoms with Crippen molar-refractivity contribution >= 4 is 0 Å². The highest BCUT2D eigenvalue weighted by Crippen LogP contribution is 2.34. The maximum atomic E-state index is 8.96. The highest BCUT2D eigenvalue weighted by Gasteiger charge is 2.22. The van der Waals surface area contributed by atoms with Crippen LogP contribution >= 0.6 is 0 Å². The molecular weight excluding hydrogens is 330 g/mol. The lowest BCUT2D eigenvalue weighted by Crippen LogP contribution is -2.22. The van der Waals surface area contributed by atoms with Gasteiger partial charge < -0.3 is 4.74 Å². The van der Waals surface area contributed by atoms with Crippen LogP contribution in [0.2, 0.25) is 0 Å². The molecule has 0 aromatic rings. The van der Waals surface area contributed by atoms with Crippen molar-refractivity contribution in [1.82, 2.24) is 0 Å². The van der Waals surface area contributed by atoms with Gasteiger partial charge in [-0.1, -0.05) is 84.0 Å².